The van der Waals surface area contributed by atoms with E-state index in [2.05, 4.69) is 13.0 Å². The SMILES string of the molecule is CCCCc1ccc(C=O)c(=O)n1Cc1ccc(-c2ccccc2C#N)cc1. The summed E-state index contributed by atoms with van der Waals surface area (Å²) in [5, 5.41) is 9.29. The fourth-order valence-corrected chi connectivity index (χ4v) is 3.28. The van der Waals surface area contributed by atoms with Gasteiger partial charge in [-0.2, -0.15) is 5.26 Å². The highest BCUT2D eigenvalue weighted by atomic mass is 16.1. The topological polar surface area (TPSA) is 62.9 Å². The number of nitrogens with zero attached hydrogens (tertiary/aromatic N) is 2. The molecule has 0 radical (unpaired) electrons. The van der Waals surface area contributed by atoms with Gasteiger partial charge in [0.25, 0.3) is 5.56 Å². The first-order valence-electron chi connectivity index (χ1n) is 9.44. The largest absolute Gasteiger partial charge is 0.308 e. The van der Waals surface area contributed by atoms with Crippen molar-refractivity contribution in [3.8, 4) is 17.2 Å². The van der Waals surface area contributed by atoms with Gasteiger partial charge in [0, 0.05) is 5.69 Å². The average molecular weight is 370 g/mol. The minimum atomic E-state index is -0.248. The highest BCUT2D eigenvalue weighted by Gasteiger charge is 2.10. The van der Waals surface area contributed by atoms with Crippen molar-refractivity contribution in [1.29, 1.82) is 5.26 Å². The van der Waals surface area contributed by atoms with Crippen molar-refractivity contribution in [2.45, 2.75) is 32.7 Å². The lowest BCUT2D eigenvalue weighted by Crippen LogP contribution is -2.27. The molecule has 0 spiro atoms. The molecule has 0 bridgehead atoms. The molecule has 1 aromatic heterocycles. The number of hydrogen-bond donors (Lipinski definition) is 0. The van der Waals surface area contributed by atoms with E-state index in [1.54, 1.807) is 16.7 Å². The first-order valence-corrected chi connectivity index (χ1v) is 9.44. The van der Waals surface area contributed by atoms with Gasteiger partial charge in [0.15, 0.2) is 6.29 Å². The van der Waals surface area contributed by atoms with Crippen LogP contribution >= 0.6 is 0 Å². The Morgan fingerprint density at radius 3 is 2.46 bits per heavy atom. The number of aromatic nitrogens is 1. The molecule has 4 heteroatoms. The van der Waals surface area contributed by atoms with Crippen LogP contribution in [0.4, 0.5) is 0 Å². The second-order valence-electron chi connectivity index (χ2n) is 6.75. The second-order valence-corrected chi connectivity index (χ2v) is 6.75. The summed E-state index contributed by atoms with van der Waals surface area (Å²) in [5.74, 6) is 0. The van der Waals surface area contributed by atoms with Gasteiger partial charge in [-0.15, -0.1) is 0 Å². The molecule has 0 aliphatic rings. The molecule has 0 saturated heterocycles. The van der Waals surface area contributed by atoms with Gasteiger partial charge in [-0.05, 0) is 47.7 Å². The molecular formula is C24H22N2O2. The fourth-order valence-electron chi connectivity index (χ4n) is 3.28. The van der Waals surface area contributed by atoms with Crippen LogP contribution in [0.15, 0.2) is 65.5 Å². The third kappa shape index (κ3) is 4.10. The number of benzene rings is 2. The predicted octanol–water partition coefficient (Wildman–Crippen LogP) is 4.59. The van der Waals surface area contributed by atoms with Gasteiger partial charge in [0.1, 0.15) is 0 Å². The van der Waals surface area contributed by atoms with Crippen molar-refractivity contribution in [1.82, 2.24) is 4.57 Å². The van der Waals surface area contributed by atoms with Crippen molar-refractivity contribution in [2.24, 2.45) is 0 Å². The first-order chi connectivity index (χ1) is 13.7. The Labute approximate surface area is 164 Å². The highest BCUT2D eigenvalue weighted by Crippen LogP contribution is 2.23. The lowest BCUT2D eigenvalue weighted by Gasteiger charge is -2.14. The van der Waals surface area contributed by atoms with E-state index in [1.807, 2.05) is 48.5 Å². The lowest BCUT2D eigenvalue weighted by molar-refractivity contribution is 0.112. The van der Waals surface area contributed by atoms with Crippen LogP contribution in [0.2, 0.25) is 0 Å². The van der Waals surface area contributed by atoms with Gasteiger partial charge in [0.05, 0.1) is 23.7 Å². The number of aryl methyl sites for hydroxylation is 1. The van der Waals surface area contributed by atoms with E-state index in [1.165, 1.54) is 0 Å². The summed E-state index contributed by atoms with van der Waals surface area (Å²) in [6.45, 7) is 2.53. The van der Waals surface area contributed by atoms with E-state index in [0.717, 1.165) is 41.6 Å². The summed E-state index contributed by atoms with van der Waals surface area (Å²) < 4.78 is 1.69. The maximum atomic E-state index is 12.7. The molecule has 0 saturated carbocycles. The van der Waals surface area contributed by atoms with Gasteiger partial charge in [0.2, 0.25) is 0 Å². The van der Waals surface area contributed by atoms with Crippen molar-refractivity contribution >= 4 is 6.29 Å². The Hall–Kier alpha value is -3.45. The normalized spacial score (nSPS) is 10.4. The molecule has 3 rings (SSSR count). The molecule has 3 aromatic rings. The molecule has 0 aliphatic heterocycles. The molecule has 0 atom stereocenters. The average Bonchev–Trinajstić information content (AvgIpc) is 2.74. The Bertz CT molecular complexity index is 1070. The van der Waals surface area contributed by atoms with E-state index >= 15 is 0 Å². The molecule has 28 heavy (non-hydrogen) atoms. The number of aldehydes is 1. The van der Waals surface area contributed by atoms with Gasteiger partial charge >= 0.3 is 0 Å². The van der Waals surface area contributed by atoms with Crippen molar-refractivity contribution in [3.63, 3.8) is 0 Å². The van der Waals surface area contributed by atoms with Gasteiger partial charge < -0.3 is 4.57 Å². The molecule has 4 nitrogen and oxygen atoms in total. The van der Waals surface area contributed by atoms with E-state index < -0.39 is 0 Å². The molecule has 0 unspecified atom stereocenters. The maximum absolute atomic E-state index is 12.7. The van der Waals surface area contributed by atoms with Crippen LogP contribution < -0.4 is 5.56 Å². The maximum Gasteiger partial charge on any atom is 0.261 e. The smallest absolute Gasteiger partial charge is 0.261 e. The number of hydrogen-bond acceptors (Lipinski definition) is 3. The zero-order valence-electron chi connectivity index (χ0n) is 15.9. The minimum absolute atomic E-state index is 0.180. The zero-order valence-corrected chi connectivity index (χ0v) is 15.9. The Kier molecular flexibility index (Phi) is 6.18. The molecule has 2 aromatic carbocycles. The minimum Gasteiger partial charge on any atom is -0.308 e. The van der Waals surface area contributed by atoms with Crippen LogP contribution in [0, 0.1) is 11.3 Å². The van der Waals surface area contributed by atoms with Crippen LogP contribution in [0.25, 0.3) is 11.1 Å². The molecule has 0 fully saturated rings. The van der Waals surface area contributed by atoms with Gasteiger partial charge in [-0.3, -0.25) is 9.59 Å². The zero-order chi connectivity index (χ0) is 19.9. The summed E-state index contributed by atoms with van der Waals surface area (Å²) in [5.41, 5.74) is 4.33. The monoisotopic (exact) mass is 370 g/mol. The number of unbranched alkanes of at least 4 members (excludes halogenated alkanes) is 1. The molecule has 140 valence electrons. The van der Waals surface area contributed by atoms with Crippen LogP contribution in [-0.2, 0) is 13.0 Å². The molecule has 0 amide bonds. The quantitative estimate of drug-likeness (QED) is 0.572. The Morgan fingerprint density at radius 1 is 1.04 bits per heavy atom. The standard InChI is InChI=1S/C24H22N2O2/c1-2-3-7-22-14-13-21(17-27)24(28)26(22)16-18-9-11-19(12-10-18)23-8-5-4-6-20(23)15-25/h4-6,8-14,17H,2-3,7,16H2,1H3. The number of carbonyl (C=O) groups is 1. The molecule has 0 N–H and O–H groups in total. The molecular weight excluding hydrogens is 348 g/mol. The summed E-state index contributed by atoms with van der Waals surface area (Å²) in [7, 11) is 0. The predicted molar refractivity (Wildman–Crippen MR) is 110 cm³/mol. The summed E-state index contributed by atoms with van der Waals surface area (Å²) in [6.07, 6.45) is 3.45. The summed E-state index contributed by atoms with van der Waals surface area (Å²) in [4.78, 5) is 23.8. The third-order valence-electron chi connectivity index (χ3n) is 4.86. The number of rotatable bonds is 7. The van der Waals surface area contributed by atoms with E-state index in [-0.39, 0.29) is 11.1 Å². The molecule has 1 heterocycles. The van der Waals surface area contributed by atoms with E-state index in [4.69, 9.17) is 0 Å². The molecule has 0 aliphatic carbocycles. The summed E-state index contributed by atoms with van der Waals surface area (Å²) >= 11 is 0. The number of carbonyl (C=O) groups excluding carboxylic acids is 1. The van der Waals surface area contributed by atoms with Crippen LogP contribution in [-0.4, -0.2) is 10.9 Å². The highest BCUT2D eigenvalue weighted by molar-refractivity contribution is 5.74. The van der Waals surface area contributed by atoms with Crippen LogP contribution in [0.5, 0.6) is 0 Å². The van der Waals surface area contributed by atoms with E-state index in [0.29, 0.717) is 18.4 Å². The van der Waals surface area contributed by atoms with Crippen molar-refractivity contribution < 1.29 is 4.79 Å². The third-order valence-corrected chi connectivity index (χ3v) is 4.86. The van der Waals surface area contributed by atoms with Gasteiger partial charge in [-0.25, -0.2) is 0 Å². The van der Waals surface area contributed by atoms with Crippen molar-refractivity contribution in [3.05, 3.63) is 93.4 Å². The van der Waals surface area contributed by atoms with E-state index in [9.17, 15) is 14.9 Å². The Balaban J connectivity index is 1.93. The fraction of sp³-hybridized carbons (Fsp3) is 0.208. The van der Waals surface area contributed by atoms with Crippen molar-refractivity contribution in [2.75, 3.05) is 0 Å². The number of pyridine rings is 1. The van der Waals surface area contributed by atoms with Crippen LogP contribution in [0.3, 0.4) is 0 Å². The summed E-state index contributed by atoms with van der Waals surface area (Å²) in [6, 6.07) is 21.0. The van der Waals surface area contributed by atoms with Gasteiger partial charge in [-0.1, -0.05) is 55.8 Å². The number of nitriles is 1. The second kappa shape index (κ2) is 8.96. The Morgan fingerprint density at radius 2 is 1.79 bits per heavy atom. The lowest BCUT2D eigenvalue weighted by atomic mass is 9.99. The van der Waals surface area contributed by atoms with Crippen LogP contribution in [0.1, 0.15) is 46.9 Å². The first kappa shape index (κ1) is 19.3.